The van der Waals surface area contributed by atoms with Crippen LogP contribution in [0.4, 0.5) is 0 Å². The monoisotopic (exact) mass is 358 g/mol. The van der Waals surface area contributed by atoms with E-state index < -0.39 is 5.41 Å². The van der Waals surface area contributed by atoms with E-state index in [0.29, 0.717) is 6.42 Å². The van der Waals surface area contributed by atoms with Gasteiger partial charge in [-0.3, -0.25) is 4.79 Å². The molecule has 1 spiro atoms. The van der Waals surface area contributed by atoms with Gasteiger partial charge in [-0.05, 0) is 43.6 Å². The Morgan fingerprint density at radius 2 is 2.15 bits per heavy atom. The second-order valence-electron chi connectivity index (χ2n) is 8.29. The summed E-state index contributed by atoms with van der Waals surface area (Å²) in [6.45, 7) is 4.29. The Morgan fingerprint density at radius 1 is 1.35 bits per heavy atom. The summed E-state index contributed by atoms with van der Waals surface area (Å²) in [5, 5.41) is 0. The Balaban J connectivity index is 1.75. The summed E-state index contributed by atoms with van der Waals surface area (Å²) >= 11 is 0. The summed E-state index contributed by atoms with van der Waals surface area (Å²) in [4.78, 5) is 25.6. The highest BCUT2D eigenvalue weighted by molar-refractivity contribution is 5.91. The van der Waals surface area contributed by atoms with E-state index in [-0.39, 0.29) is 35.3 Å². The fraction of sp³-hybridized carbons (Fsp3) is 0.619. The molecule has 0 radical (unpaired) electrons. The van der Waals surface area contributed by atoms with E-state index in [1.807, 2.05) is 12.1 Å². The Bertz CT molecular complexity index is 748. The number of ether oxygens (including phenoxy) is 2. The lowest BCUT2D eigenvalue weighted by atomic mass is 9.46. The van der Waals surface area contributed by atoms with Gasteiger partial charge in [-0.2, -0.15) is 0 Å². The highest BCUT2D eigenvalue weighted by atomic mass is 16.6. The first-order valence-electron chi connectivity index (χ1n) is 9.45. The van der Waals surface area contributed by atoms with Gasteiger partial charge in [0.25, 0.3) is 0 Å². The van der Waals surface area contributed by atoms with Crippen molar-refractivity contribution in [1.82, 2.24) is 0 Å². The molecular weight excluding hydrogens is 332 g/mol. The Morgan fingerprint density at radius 3 is 2.85 bits per heavy atom. The molecule has 0 N–H and O–H groups in total. The molecule has 26 heavy (non-hydrogen) atoms. The van der Waals surface area contributed by atoms with Gasteiger partial charge in [-0.15, -0.1) is 0 Å². The zero-order valence-corrected chi connectivity index (χ0v) is 15.6. The molecule has 2 fully saturated rings. The molecule has 1 saturated carbocycles. The summed E-state index contributed by atoms with van der Waals surface area (Å²) in [6.07, 6.45) is 9.16. The van der Waals surface area contributed by atoms with Crippen molar-refractivity contribution >= 4 is 11.9 Å². The number of furan rings is 1. The molecule has 5 atom stereocenters. The first-order valence-corrected chi connectivity index (χ1v) is 9.45. The van der Waals surface area contributed by atoms with Crippen LogP contribution in [0.5, 0.6) is 0 Å². The minimum atomic E-state index is -0.553. The van der Waals surface area contributed by atoms with Crippen LogP contribution < -0.4 is 0 Å². The molecule has 1 aromatic rings. The van der Waals surface area contributed by atoms with Crippen LogP contribution in [0.2, 0.25) is 0 Å². The molecule has 1 saturated heterocycles. The third-order valence-electron chi connectivity index (χ3n) is 7.26. The molecular formula is C21H26O5. The number of rotatable bonds is 2. The van der Waals surface area contributed by atoms with Crippen molar-refractivity contribution in [1.29, 1.82) is 0 Å². The average Bonchev–Trinajstić information content (AvgIpc) is 3.27. The van der Waals surface area contributed by atoms with Crippen LogP contribution >= 0.6 is 0 Å². The lowest BCUT2D eigenvalue weighted by Gasteiger charge is -2.55. The SMILES string of the molecule is COC(=O)C1=CCC[C@H]2[C@@]3(C[C@@H](c4ccoc4)OC3=O)[C@H](C)CC[C@]12C. The van der Waals surface area contributed by atoms with Crippen LogP contribution in [-0.2, 0) is 19.1 Å². The molecule has 4 rings (SSSR count). The van der Waals surface area contributed by atoms with Crippen LogP contribution in [0.15, 0.2) is 34.7 Å². The van der Waals surface area contributed by atoms with Crippen LogP contribution in [0.1, 0.15) is 57.6 Å². The molecule has 3 aliphatic rings. The molecule has 0 unspecified atom stereocenters. The number of cyclic esters (lactones) is 1. The summed E-state index contributed by atoms with van der Waals surface area (Å²) in [7, 11) is 1.43. The fourth-order valence-electron chi connectivity index (χ4n) is 5.81. The molecule has 0 amide bonds. The van der Waals surface area contributed by atoms with E-state index in [0.717, 1.165) is 36.8 Å². The smallest absolute Gasteiger partial charge is 0.333 e. The zero-order valence-electron chi connectivity index (χ0n) is 15.6. The van der Waals surface area contributed by atoms with Crippen molar-refractivity contribution in [3.05, 3.63) is 35.8 Å². The number of hydrogen-bond donors (Lipinski definition) is 0. The molecule has 1 aliphatic heterocycles. The number of esters is 2. The van der Waals surface area contributed by atoms with Gasteiger partial charge in [-0.25, -0.2) is 4.79 Å². The van der Waals surface area contributed by atoms with E-state index in [9.17, 15) is 9.59 Å². The topological polar surface area (TPSA) is 65.7 Å². The van der Waals surface area contributed by atoms with Gasteiger partial charge in [0, 0.05) is 23.0 Å². The van der Waals surface area contributed by atoms with Crippen molar-refractivity contribution < 1.29 is 23.5 Å². The quantitative estimate of drug-likeness (QED) is 0.741. The lowest BCUT2D eigenvalue weighted by molar-refractivity contribution is -0.163. The minimum absolute atomic E-state index is 0.0854. The molecule has 5 nitrogen and oxygen atoms in total. The van der Waals surface area contributed by atoms with E-state index >= 15 is 0 Å². The minimum Gasteiger partial charge on any atom is -0.472 e. The van der Waals surface area contributed by atoms with Crippen molar-refractivity contribution in [3.8, 4) is 0 Å². The molecule has 2 heterocycles. The van der Waals surface area contributed by atoms with Crippen molar-refractivity contribution in [3.63, 3.8) is 0 Å². The van der Waals surface area contributed by atoms with Crippen molar-refractivity contribution in [2.24, 2.45) is 22.7 Å². The van der Waals surface area contributed by atoms with E-state index in [1.165, 1.54) is 7.11 Å². The van der Waals surface area contributed by atoms with Crippen molar-refractivity contribution in [2.75, 3.05) is 7.11 Å². The maximum absolute atomic E-state index is 13.2. The van der Waals surface area contributed by atoms with Gasteiger partial charge in [0.05, 0.1) is 25.1 Å². The van der Waals surface area contributed by atoms with Crippen molar-refractivity contribution in [2.45, 2.75) is 52.1 Å². The molecule has 140 valence electrons. The highest BCUT2D eigenvalue weighted by Crippen LogP contribution is 2.65. The number of carbonyl (C=O) groups is 2. The van der Waals surface area contributed by atoms with Gasteiger partial charge < -0.3 is 13.9 Å². The number of fused-ring (bicyclic) bond motifs is 2. The van der Waals surface area contributed by atoms with Gasteiger partial charge in [0.2, 0.25) is 0 Å². The lowest BCUT2D eigenvalue weighted by Crippen LogP contribution is -2.54. The number of carbonyl (C=O) groups excluding carboxylic acids is 2. The third kappa shape index (κ3) is 2.22. The first-order chi connectivity index (χ1) is 12.4. The predicted molar refractivity (Wildman–Crippen MR) is 93.9 cm³/mol. The molecule has 1 aromatic heterocycles. The maximum Gasteiger partial charge on any atom is 0.333 e. The predicted octanol–water partition coefficient (Wildman–Crippen LogP) is 4.20. The number of hydrogen-bond acceptors (Lipinski definition) is 5. The summed E-state index contributed by atoms with van der Waals surface area (Å²) in [6, 6.07) is 1.87. The zero-order chi connectivity index (χ0) is 18.5. The normalized spacial score (nSPS) is 39.3. The molecule has 0 bridgehead atoms. The summed E-state index contributed by atoms with van der Waals surface area (Å²) < 4.78 is 16.1. The van der Waals surface area contributed by atoms with E-state index in [2.05, 4.69) is 13.8 Å². The van der Waals surface area contributed by atoms with Gasteiger partial charge in [0.1, 0.15) is 6.10 Å². The van der Waals surface area contributed by atoms with E-state index in [1.54, 1.807) is 12.5 Å². The number of methoxy groups -OCH3 is 1. The highest BCUT2D eigenvalue weighted by Gasteiger charge is 2.65. The largest absolute Gasteiger partial charge is 0.472 e. The van der Waals surface area contributed by atoms with Crippen LogP contribution in [0.25, 0.3) is 0 Å². The summed E-state index contributed by atoms with van der Waals surface area (Å²) in [5.74, 6) is -0.0675. The van der Waals surface area contributed by atoms with E-state index in [4.69, 9.17) is 13.9 Å². The Labute approximate surface area is 153 Å². The summed E-state index contributed by atoms with van der Waals surface area (Å²) in [5.41, 5.74) is 0.751. The standard InChI is InChI=1S/C21H26O5/c1-13-7-9-20(2)15(18(22)24-3)5-4-6-17(20)21(13)11-16(26-19(21)23)14-8-10-25-12-14/h5,8,10,12-13,16-17H,4,6-7,9,11H2,1-3H3/t13-,16+,17-,20-,21-/m1/s1. The second-order valence-corrected chi connectivity index (χ2v) is 8.29. The second kappa shape index (κ2) is 6.00. The van der Waals surface area contributed by atoms with Gasteiger partial charge in [0.15, 0.2) is 0 Å². The molecule has 5 heteroatoms. The number of allylic oxidation sites excluding steroid dienone is 1. The molecule has 2 aliphatic carbocycles. The van der Waals surface area contributed by atoms with Crippen LogP contribution in [0.3, 0.4) is 0 Å². The fourth-order valence-corrected chi connectivity index (χ4v) is 5.81. The van der Waals surface area contributed by atoms with Crippen LogP contribution in [-0.4, -0.2) is 19.0 Å². The average molecular weight is 358 g/mol. The van der Waals surface area contributed by atoms with Gasteiger partial charge >= 0.3 is 11.9 Å². The van der Waals surface area contributed by atoms with Crippen LogP contribution in [0, 0.1) is 22.7 Å². The third-order valence-corrected chi connectivity index (χ3v) is 7.26. The Kier molecular flexibility index (Phi) is 4.01. The van der Waals surface area contributed by atoms with Gasteiger partial charge in [-0.1, -0.05) is 19.9 Å². The first kappa shape index (κ1) is 17.4. The maximum atomic E-state index is 13.2. The molecule has 0 aromatic carbocycles. The Hall–Kier alpha value is -2.04.